The third-order valence-corrected chi connectivity index (χ3v) is 3.58. The van der Waals surface area contributed by atoms with Crippen molar-refractivity contribution in [1.82, 2.24) is 0 Å². The number of Topliss-reactive ketones (excluding diaryl/α,β-unsaturated/α-hetero) is 1. The molecule has 1 radical (unpaired) electrons. The first-order chi connectivity index (χ1) is 9.44. The molecule has 0 aromatic heterocycles. The summed E-state index contributed by atoms with van der Waals surface area (Å²) in [5, 5.41) is 20.4. The normalized spacial score (nSPS) is 22.4. The van der Waals surface area contributed by atoms with Gasteiger partial charge in [-0.3, -0.25) is 4.79 Å². The predicted molar refractivity (Wildman–Crippen MR) is 77.7 cm³/mol. The Hall–Kier alpha value is -0.530. The zero-order valence-electron chi connectivity index (χ0n) is 12.4. The molecule has 2 N–H and O–H groups in total. The molecule has 0 fully saturated rings. The van der Waals surface area contributed by atoms with Gasteiger partial charge < -0.3 is 19.7 Å². The number of carbonyl (C=O) groups is 1. The molecule has 109 valence electrons. The third-order valence-electron chi connectivity index (χ3n) is 3.58. The Morgan fingerprint density at radius 3 is 2.24 bits per heavy atom. The third kappa shape index (κ3) is 3.81. The minimum Gasteiger partial charge on any atom is -0.365 e. The molecule has 0 spiro atoms. The fraction of sp³-hybridized carbons (Fsp3) is 0.400. The van der Waals surface area contributed by atoms with Crippen molar-refractivity contribution < 1.29 is 24.5 Å². The number of methoxy groups -OCH3 is 2. The van der Waals surface area contributed by atoms with Gasteiger partial charge >= 0.3 is 0 Å². The molecule has 1 unspecified atom stereocenters. The summed E-state index contributed by atoms with van der Waals surface area (Å²) in [5.41, 5.74) is 0.428. The first-order valence-corrected chi connectivity index (χ1v) is 6.28. The second-order valence-electron chi connectivity index (χ2n) is 4.84. The van der Waals surface area contributed by atoms with Gasteiger partial charge in [0.1, 0.15) is 0 Å². The topological polar surface area (TPSA) is 76.0 Å². The van der Waals surface area contributed by atoms with E-state index in [9.17, 15) is 15.0 Å². The van der Waals surface area contributed by atoms with E-state index in [1.807, 2.05) is 0 Å². The second kappa shape index (κ2) is 7.15. The van der Waals surface area contributed by atoms with Crippen molar-refractivity contribution in [2.45, 2.75) is 18.0 Å². The number of ketones is 1. The van der Waals surface area contributed by atoms with Crippen LogP contribution in [0.1, 0.15) is 16.8 Å². The second-order valence-corrected chi connectivity index (χ2v) is 4.84. The summed E-state index contributed by atoms with van der Waals surface area (Å²) in [6.45, 7) is 0. The van der Waals surface area contributed by atoms with E-state index in [-0.39, 0.29) is 41.8 Å². The Labute approximate surface area is 145 Å². The molecule has 1 aliphatic carbocycles. The molecule has 1 aromatic carbocycles. The maximum absolute atomic E-state index is 12.4. The van der Waals surface area contributed by atoms with Gasteiger partial charge in [-0.2, -0.15) is 0 Å². The van der Waals surface area contributed by atoms with Crippen LogP contribution in [0.3, 0.4) is 0 Å². The van der Waals surface area contributed by atoms with E-state index in [1.165, 1.54) is 20.3 Å². The van der Waals surface area contributed by atoms with E-state index < -0.39 is 17.5 Å². The number of ether oxygens (including phenoxy) is 2. The van der Waals surface area contributed by atoms with E-state index in [1.54, 1.807) is 36.4 Å². The number of carbonyl (C=O) groups excluding carboxylic acids is 1. The van der Waals surface area contributed by atoms with Gasteiger partial charge in [0.15, 0.2) is 17.4 Å². The monoisotopic (exact) mass is 301 g/mol. The van der Waals surface area contributed by atoms with Gasteiger partial charge in [0.2, 0.25) is 0 Å². The van der Waals surface area contributed by atoms with Gasteiger partial charge in [0.25, 0.3) is 0 Å². The number of aliphatic hydroxyl groups is 2. The van der Waals surface area contributed by atoms with Crippen LogP contribution in [0.4, 0.5) is 0 Å². The van der Waals surface area contributed by atoms with E-state index in [0.717, 1.165) is 0 Å². The maximum Gasteiger partial charge on any atom is 0.192 e. The predicted octanol–water partition coefficient (Wildman–Crippen LogP) is 0.735. The summed E-state index contributed by atoms with van der Waals surface area (Å²) in [6.07, 6.45) is 2.72. The van der Waals surface area contributed by atoms with Gasteiger partial charge in [0.05, 0.1) is 12.3 Å². The van der Waals surface area contributed by atoms with Gasteiger partial charge in [-0.25, -0.2) is 0 Å². The SMILES string of the molecule is COC1(OC)C=CC(C(=O)c2ccccc2)C(O)(O)C1.[Na]. The van der Waals surface area contributed by atoms with E-state index in [2.05, 4.69) is 0 Å². The Morgan fingerprint density at radius 2 is 1.76 bits per heavy atom. The summed E-state index contributed by atoms with van der Waals surface area (Å²) in [7, 11) is 2.81. The van der Waals surface area contributed by atoms with Crippen LogP contribution in [-0.4, -0.2) is 71.3 Å². The van der Waals surface area contributed by atoms with Gasteiger partial charge in [0, 0.05) is 49.3 Å². The van der Waals surface area contributed by atoms with Crippen LogP contribution in [0.5, 0.6) is 0 Å². The molecule has 1 atom stereocenters. The number of rotatable bonds is 4. The Morgan fingerprint density at radius 1 is 1.19 bits per heavy atom. The standard InChI is InChI=1S/C15H18O5.Na/c1-19-14(20-2)9-8-12(15(17,18)10-14)13(16)11-6-4-3-5-7-11;/h3-9,12,17-18H,10H2,1-2H3;. The van der Waals surface area contributed by atoms with Crippen molar-refractivity contribution in [2.75, 3.05) is 14.2 Å². The molecule has 0 saturated carbocycles. The molecule has 2 rings (SSSR count). The number of benzene rings is 1. The first-order valence-electron chi connectivity index (χ1n) is 6.28. The fourth-order valence-electron chi connectivity index (χ4n) is 2.37. The number of hydrogen-bond donors (Lipinski definition) is 2. The zero-order chi connectivity index (χ0) is 14.8. The van der Waals surface area contributed by atoms with Crippen molar-refractivity contribution in [3.8, 4) is 0 Å². The van der Waals surface area contributed by atoms with Gasteiger partial charge in [-0.15, -0.1) is 0 Å². The molecule has 1 aromatic rings. The molecule has 0 heterocycles. The average Bonchev–Trinajstić information content (AvgIpc) is 2.46. The molecule has 1 aliphatic rings. The first kappa shape index (κ1) is 18.5. The van der Waals surface area contributed by atoms with E-state index in [0.29, 0.717) is 5.56 Å². The Bertz CT molecular complexity index is 508. The summed E-state index contributed by atoms with van der Waals surface area (Å²) in [4.78, 5) is 12.4. The molecule has 5 nitrogen and oxygen atoms in total. The van der Waals surface area contributed by atoms with Crippen molar-refractivity contribution in [1.29, 1.82) is 0 Å². The van der Waals surface area contributed by atoms with Crippen LogP contribution in [0.2, 0.25) is 0 Å². The summed E-state index contributed by atoms with van der Waals surface area (Å²) < 4.78 is 10.3. The van der Waals surface area contributed by atoms with Crippen LogP contribution in [-0.2, 0) is 9.47 Å². The minimum absolute atomic E-state index is 0. The van der Waals surface area contributed by atoms with Gasteiger partial charge in [-0.1, -0.05) is 36.4 Å². The van der Waals surface area contributed by atoms with E-state index >= 15 is 0 Å². The Balaban J connectivity index is 0.00000220. The van der Waals surface area contributed by atoms with Gasteiger partial charge in [-0.05, 0) is 6.08 Å². The molecule has 21 heavy (non-hydrogen) atoms. The number of hydrogen-bond acceptors (Lipinski definition) is 5. The summed E-state index contributed by atoms with van der Waals surface area (Å²) in [5.74, 6) is -4.86. The van der Waals surface area contributed by atoms with Crippen molar-refractivity contribution >= 4 is 35.3 Å². The average molecular weight is 301 g/mol. The van der Waals surface area contributed by atoms with E-state index in [4.69, 9.17) is 9.47 Å². The molecular formula is C15H18NaO5. The fourth-order valence-corrected chi connectivity index (χ4v) is 2.37. The minimum atomic E-state index is -2.23. The van der Waals surface area contributed by atoms with Crippen LogP contribution >= 0.6 is 0 Å². The largest absolute Gasteiger partial charge is 0.365 e. The summed E-state index contributed by atoms with van der Waals surface area (Å²) in [6, 6.07) is 8.52. The molecule has 0 aliphatic heterocycles. The molecule has 0 saturated heterocycles. The van der Waals surface area contributed by atoms with Crippen LogP contribution in [0, 0.1) is 5.92 Å². The maximum atomic E-state index is 12.4. The van der Waals surface area contributed by atoms with Crippen LogP contribution < -0.4 is 0 Å². The molecule has 0 bridgehead atoms. The molecular weight excluding hydrogens is 283 g/mol. The van der Waals surface area contributed by atoms with Crippen molar-refractivity contribution in [3.05, 3.63) is 48.0 Å². The van der Waals surface area contributed by atoms with Crippen molar-refractivity contribution in [3.63, 3.8) is 0 Å². The van der Waals surface area contributed by atoms with Crippen LogP contribution in [0.25, 0.3) is 0 Å². The zero-order valence-corrected chi connectivity index (χ0v) is 14.4. The smallest absolute Gasteiger partial charge is 0.192 e. The molecule has 6 heteroatoms. The summed E-state index contributed by atoms with van der Waals surface area (Å²) >= 11 is 0. The van der Waals surface area contributed by atoms with Crippen LogP contribution in [0.15, 0.2) is 42.5 Å². The quantitative estimate of drug-likeness (QED) is 0.371. The Kier molecular flexibility index (Phi) is 6.31. The molecule has 0 amide bonds. The van der Waals surface area contributed by atoms with Crippen molar-refractivity contribution in [2.24, 2.45) is 5.92 Å².